The largest absolute Gasteiger partial charge is 0.352 e. The Balaban J connectivity index is 2.20. The van der Waals surface area contributed by atoms with Gasteiger partial charge < -0.3 is 10.6 Å². The maximum absolute atomic E-state index is 14.3. The van der Waals surface area contributed by atoms with Crippen molar-refractivity contribution in [3.8, 4) is 0 Å². The highest BCUT2D eigenvalue weighted by molar-refractivity contribution is 5.94. The number of pyridine rings is 1. The van der Waals surface area contributed by atoms with E-state index >= 15 is 0 Å². The van der Waals surface area contributed by atoms with Crippen LogP contribution in [0.2, 0.25) is 0 Å². The summed E-state index contributed by atoms with van der Waals surface area (Å²) in [5.74, 6) is -2.54. The van der Waals surface area contributed by atoms with Gasteiger partial charge in [-0.1, -0.05) is 12.1 Å². The van der Waals surface area contributed by atoms with Gasteiger partial charge in [0.05, 0.1) is 0 Å². The molecule has 0 atom stereocenters. The molecule has 0 fully saturated rings. The van der Waals surface area contributed by atoms with Crippen molar-refractivity contribution in [1.29, 1.82) is 0 Å². The Morgan fingerprint density at radius 3 is 2.44 bits per heavy atom. The van der Waals surface area contributed by atoms with Crippen LogP contribution in [0.5, 0.6) is 0 Å². The van der Waals surface area contributed by atoms with Crippen LogP contribution in [-0.4, -0.2) is 23.3 Å². The van der Waals surface area contributed by atoms with Gasteiger partial charge in [-0.05, 0) is 24.6 Å². The highest BCUT2D eigenvalue weighted by Crippen LogP contribution is 2.19. The molecular weight excluding hydrogens is 328 g/mol. The van der Waals surface area contributed by atoms with Crippen molar-refractivity contribution in [3.63, 3.8) is 0 Å². The molecule has 0 bridgehead atoms. The average molecular weight is 347 g/mol. The van der Waals surface area contributed by atoms with E-state index in [9.17, 15) is 18.4 Å². The molecule has 0 spiro atoms. The van der Waals surface area contributed by atoms with Crippen molar-refractivity contribution in [3.05, 3.63) is 64.5 Å². The molecule has 1 heterocycles. The Hall–Kier alpha value is -2.83. The number of hydrogen-bond acceptors (Lipinski definition) is 3. The molecule has 132 valence electrons. The quantitative estimate of drug-likeness (QED) is 0.843. The van der Waals surface area contributed by atoms with Crippen LogP contribution in [0.4, 0.5) is 8.78 Å². The lowest BCUT2D eigenvalue weighted by atomic mass is 10.0. The lowest BCUT2D eigenvalue weighted by Gasteiger charge is -2.09. The second kappa shape index (κ2) is 8.32. The smallest absolute Gasteiger partial charge is 0.251 e. The molecule has 0 aliphatic carbocycles. The molecule has 0 unspecified atom stereocenters. The fourth-order valence-corrected chi connectivity index (χ4v) is 2.30. The molecule has 2 N–H and O–H groups in total. The minimum absolute atomic E-state index is 0.0520. The summed E-state index contributed by atoms with van der Waals surface area (Å²) in [6.45, 7) is 3.52. The van der Waals surface area contributed by atoms with Gasteiger partial charge in [0.2, 0.25) is 5.91 Å². The number of amides is 2. The van der Waals surface area contributed by atoms with Crippen LogP contribution in [0.25, 0.3) is 0 Å². The Kier molecular flexibility index (Phi) is 6.16. The molecule has 2 amide bonds. The first-order chi connectivity index (χ1) is 11.9. The molecule has 0 aliphatic rings. The normalized spacial score (nSPS) is 10.4. The van der Waals surface area contributed by atoms with Crippen molar-refractivity contribution < 1.29 is 18.4 Å². The molecule has 0 saturated carbocycles. The second-order valence-electron chi connectivity index (χ2n) is 5.49. The Bertz CT molecular complexity index is 794. The van der Waals surface area contributed by atoms with Crippen LogP contribution in [0, 0.1) is 11.6 Å². The Morgan fingerprint density at radius 1 is 1.08 bits per heavy atom. The molecule has 2 rings (SSSR count). The standard InChI is InChI=1S/C18H19F2N3O2/c1-3-21-18(25)13-6-7-22-15(9-13)8-12-4-5-14(10-23-11(2)24)17(20)16(12)19/h4-7,9H,3,8,10H2,1-2H3,(H,21,25)(H,23,24). The van der Waals surface area contributed by atoms with Gasteiger partial charge in [-0.25, -0.2) is 8.78 Å². The van der Waals surface area contributed by atoms with E-state index < -0.39 is 11.6 Å². The van der Waals surface area contributed by atoms with E-state index in [2.05, 4.69) is 15.6 Å². The first-order valence-electron chi connectivity index (χ1n) is 7.85. The summed E-state index contributed by atoms with van der Waals surface area (Å²) in [6, 6.07) is 5.99. The van der Waals surface area contributed by atoms with Gasteiger partial charge in [-0.3, -0.25) is 14.6 Å². The number of aromatic nitrogens is 1. The van der Waals surface area contributed by atoms with Crippen LogP contribution >= 0.6 is 0 Å². The number of rotatable bonds is 6. The zero-order chi connectivity index (χ0) is 18.4. The first kappa shape index (κ1) is 18.5. The minimum atomic E-state index is -0.994. The number of carbonyl (C=O) groups is 2. The lowest BCUT2D eigenvalue weighted by Crippen LogP contribution is -2.22. The summed E-state index contributed by atoms with van der Waals surface area (Å²) in [5, 5.41) is 5.10. The lowest BCUT2D eigenvalue weighted by molar-refractivity contribution is -0.119. The molecule has 0 aliphatic heterocycles. The maximum atomic E-state index is 14.3. The van der Waals surface area contributed by atoms with Crippen molar-refractivity contribution in [1.82, 2.24) is 15.6 Å². The van der Waals surface area contributed by atoms with E-state index in [-0.39, 0.29) is 35.9 Å². The highest BCUT2D eigenvalue weighted by Gasteiger charge is 2.15. The molecule has 1 aromatic heterocycles. The Labute approximate surface area is 144 Å². The monoisotopic (exact) mass is 347 g/mol. The molecule has 25 heavy (non-hydrogen) atoms. The summed E-state index contributed by atoms with van der Waals surface area (Å²) in [7, 11) is 0. The van der Waals surface area contributed by atoms with Gasteiger partial charge in [0, 0.05) is 49.5 Å². The summed E-state index contributed by atoms with van der Waals surface area (Å²) in [5.41, 5.74) is 1.07. The third-order valence-corrected chi connectivity index (χ3v) is 3.56. The second-order valence-corrected chi connectivity index (χ2v) is 5.49. The first-order valence-corrected chi connectivity index (χ1v) is 7.85. The van der Waals surface area contributed by atoms with Crippen molar-refractivity contribution in [2.45, 2.75) is 26.8 Å². The highest BCUT2D eigenvalue weighted by atomic mass is 19.2. The van der Waals surface area contributed by atoms with Gasteiger partial charge in [0.25, 0.3) is 5.91 Å². The van der Waals surface area contributed by atoms with Gasteiger partial charge >= 0.3 is 0 Å². The molecule has 0 saturated heterocycles. The number of nitrogens with one attached hydrogen (secondary N) is 2. The predicted octanol–water partition coefficient (Wildman–Crippen LogP) is 2.34. The van der Waals surface area contributed by atoms with Crippen LogP contribution in [0.3, 0.4) is 0 Å². The van der Waals surface area contributed by atoms with E-state index in [0.717, 1.165) is 0 Å². The third kappa shape index (κ3) is 4.82. The minimum Gasteiger partial charge on any atom is -0.352 e. The van der Waals surface area contributed by atoms with E-state index in [1.807, 2.05) is 0 Å². The van der Waals surface area contributed by atoms with Gasteiger partial charge in [0.1, 0.15) is 0 Å². The molecule has 2 aromatic rings. The van der Waals surface area contributed by atoms with E-state index in [0.29, 0.717) is 17.8 Å². The fraction of sp³-hybridized carbons (Fsp3) is 0.278. The van der Waals surface area contributed by atoms with Crippen molar-refractivity contribution in [2.24, 2.45) is 0 Å². The number of nitrogens with zero attached hydrogens (tertiary/aromatic N) is 1. The van der Waals surface area contributed by atoms with Crippen LogP contribution in [0.1, 0.15) is 41.0 Å². The SMILES string of the molecule is CCNC(=O)c1ccnc(Cc2ccc(CNC(C)=O)c(F)c2F)c1. The van der Waals surface area contributed by atoms with E-state index in [1.165, 1.54) is 25.3 Å². The van der Waals surface area contributed by atoms with Crippen LogP contribution in [-0.2, 0) is 17.8 Å². The predicted molar refractivity (Wildman–Crippen MR) is 88.9 cm³/mol. The summed E-state index contributed by atoms with van der Waals surface area (Å²) in [4.78, 5) is 26.8. The van der Waals surface area contributed by atoms with Gasteiger partial charge in [-0.15, -0.1) is 0 Å². The number of hydrogen-bond donors (Lipinski definition) is 2. The molecular formula is C18H19F2N3O2. The topological polar surface area (TPSA) is 71.1 Å². The summed E-state index contributed by atoms with van der Waals surface area (Å²) < 4.78 is 28.4. The molecule has 1 aromatic carbocycles. The maximum Gasteiger partial charge on any atom is 0.251 e. The average Bonchev–Trinajstić information content (AvgIpc) is 2.58. The van der Waals surface area contributed by atoms with Crippen LogP contribution in [0.15, 0.2) is 30.5 Å². The summed E-state index contributed by atoms with van der Waals surface area (Å²) in [6.07, 6.45) is 1.51. The number of benzene rings is 1. The fourth-order valence-electron chi connectivity index (χ4n) is 2.30. The van der Waals surface area contributed by atoms with Crippen molar-refractivity contribution >= 4 is 11.8 Å². The third-order valence-electron chi connectivity index (χ3n) is 3.56. The zero-order valence-electron chi connectivity index (χ0n) is 14.0. The molecule has 5 nitrogen and oxygen atoms in total. The van der Waals surface area contributed by atoms with Gasteiger partial charge in [0.15, 0.2) is 11.6 Å². The summed E-state index contributed by atoms with van der Waals surface area (Å²) >= 11 is 0. The van der Waals surface area contributed by atoms with Crippen LogP contribution < -0.4 is 10.6 Å². The molecule has 7 heteroatoms. The number of carbonyl (C=O) groups excluding carboxylic acids is 2. The van der Waals surface area contributed by atoms with E-state index in [4.69, 9.17) is 0 Å². The van der Waals surface area contributed by atoms with Crippen molar-refractivity contribution in [2.75, 3.05) is 6.54 Å². The number of halogens is 2. The van der Waals surface area contributed by atoms with E-state index in [1.54, 1.807) is 19.1 Å². The molecule has 0 radical (unpaired) electrons. The van der Waals surface area contributed by atoms with Gasteiger partial charge in [-0.2, -0.15) is 0 Å². The Morgan fingerprint density at radius 2 is 1.76 bits per heavy atom. The zero-order valence-corrected chi connectivity index (χ0v) is 14.0.